The highest BCUT2D eigenvalue weighted by molar-refractivity contribution is 7.20. The lowest BCUT2D eigenvalue weighted by Crippen LogP contribution is -2.25. The second kappa shape index (κ2) is 8.24. The van der Waals surface area contributed by atoms with Gasteiger partial charge in [0.15, 0.2) is 0 Å². The van der Waals surface area contributed by atoms with E-state index in [0.717, 1.165) is 34.4 Å². The summed E-state index contributed by atoms with van der Waals surface area (Å²) in [5.41, 5.74) is 2.57. The molecule has 1 saturated carbocycles. The van der Waals surface area contributed by atoms with E-state index in [2.05, 4.69) is 15.7 Å². The molecule has 5 rings (SSSR count). The summed E-state index contributed by atoms with van der Waals surface area (Å²) in [5.74, 6) is -0.449. The van der Waals surface area contributed by atoms with Crippen LogP contribution in [0.3, 0.4) is 0 Å². The number of hydrogen-bond donors (Lipinski definition) is 2. The molecule has 2 N–H and O–H groups in total. The van der Waals surface area contributed by atoms with Gasteiger partial charge in [-0.1, -0.05) is 29.3 Å². The number of halogens is 2. The Hall–Kier alpha value is -2.87. The van der Waals surface area contributed by atoms with E-state index in [1.165, 1.54) is 11.3 Å². The van der Waals surface area contributed by atoms with Gasteiger partial charge in [-0.2, -0.15) is 5.10 Å². The molecule has 0 saturated heterocycles. The van der Waals surface area contributed by atoms with E-state index in [4.69, 9.17) is 23.2 Å². The summed E-state index contributed by atoms with van der Waals surface area (Å²) < 4.78 is 1.79. The van der Waals surface area contributed by atoms with E-state index in [1.807, 2.05) is 31.2 Å². The maximum atomic E-state index is 12.9. The molecule has 2 aromatic heterocycles. The maximum Gasteiger partial charge on any atom is 0.265 e. The van der Waals surface area contributed by atoms with Crippen LogP contribution in [-0.2, 0) is 0 Å². The molecule has 0 bridgehead atoms. The predicted octanol–water partition coefficient (Wildman–Crippen LogP) is 5.85. The summed E-state index contributed by atoms with van der Waals surface area (Å²) in [6.07, 6.45) is 2.00. The molecule has 2 heterocycles. The van der Waals surface area contributed by atoms with E-state index < -0.39 is 0 Å². The van der Waals surface area contributed by atoms with Crippen LogP contribution in [0.15, 0.2) is 48.5 Å². The van der Waals surface area contributed by atoms with Gasteiger partial charge < -0.3 is 10.6 Å². The smallest absolute Gasteiger partial charge is 0.265 e. The number of fused-ring (bicyclic) bond motifs is 1. The van der Waals surface area contributed by atoms with Crippen LogP contribution in [0.2, 0.25) is 10.0 Å². The fourth-order valence-corrected chi connectivity index (χ4v) is 4.93. The van der Waals surface area contributed by atoms with Gasteiger partial charge in [-0.05, 0) is 62.2 Å². The van der Waals surface area contributed by atoms with E-state index in [9.17, 15) is 9.59 Å². The molecule has 0 atom stereocenters. The number of nitrogens with one attached hydrogen (secondary N) is 2. The topological polar surface area (TPSA) is 76.0 Å². The number of aromatic nitrogens is 2. The van der Waals surface area contributed by atoms with Crippen LogP contribution in [0.4, 0.5) is 5.69 Å². The third-order valence-corrected chi connectivity index (χ3v) is 6.86. The highest BCUT2D eigenvalue weighted by atomic mass is 35.5. The lowest BCUT2D eigenvalue weighted by atomic mass is 10.2. The highest BCUT2D eigenvalue weighted by Gasteiger charge is 2.25. The van der Waals surface area contributed by atoms with Crippen molar-refractivity contribution >= 4 is 62.3 Å². The van der Waals surface area contributed by atoms with Crippen molar-refractivity contribution in [1.82, 2.24) is 15.1 Å². The first-order chi connectivity index (χ1) is 15.4. The fraction of sp³-hybridized carbons (Fsp3) is 0.174. The highest BCUT2D eigenvalue weighted by Crippen LogP contribution is 2.32. The largest absolute Gasteiger partial charge is 0.349 e. The normalized spacial score (nSPS) is 13.3. The van der Waals surface area contributed by atoms with Crippen molar-refractivity contribution in [1.29, 1.82) is 0 Å². The van der Waals surface area contributed by atoms with Crippen LogP contribution in [-0.4, -0.2) is 27.6 Å². The average molecular weight is 485 g/mol. The molecule has 6 nitrogen and oxygen atoms in total. The molecule has 0 spiro atoms. The third-order valence-electron chi connectivity index (χ3n) is 5.21. The molecule has 2 amide bonds. The van der Waals surface area contributed by atoms with Gasteiger partial charge >= 0.3 is 0 Å². The number of carbonyl (C=O) groups is 2. The van der Waals surface area contributed by atoms with Crippen LogP contribution in [0, 0.1) is 6.92 Å². The maximum absolute atomic E-state index is 12.9. The summed E-state index contributed by atoms with van der Waals surface area (Å²) in [4.78, 5) is 26.6. The number of carbonyl (C=O) groups excluding carboxylic acids is 2. The Bertz CT molecular complexity index is 1370. The molecule has 4 aromatic rings. The fourth-order valence-electron chi connectivity index (χ4n) is 3.40. The van der Waals surface area contributed by atoms with Gasteiger partial charge in [0, 0.05) is 22.1 Å². The second-order valence-electron chi connectivity index (χ2n) is 7.70. The first-order valence-corrected chi connectivity index (χ1v) is 11.6. The van der Waals surface area contributed by atoms with Crippen molar-refractivity contribution in [3.8, 4) is 5.69 Å². The van der Waals surface area contributed by atoms with Crippen molar-refractivity contribution in [3.63, 3.8) is 0 Å². The molecule has 1 aliphatic carbocycles. The van der Waals surface area contributed by atoms with Gasteiger partial charge in [-0.25, -0.2) is 4.68 Å². The first kappa shape index (κ1) is 21.0. The van der Waals surface area contributed by atoms with E-state index in [-0.39, 0.29) is 17.9 Å². The summed E-state index contributed by atoms with van der Waals surface area (Å²) in [7, 11) is 0. The van der Waals surface area contributed by atoms with Crippen molar-refractivity contribution in [2.45, 2.75) is 25.8 Å². The molecular formula is C23H18Cl2N4O2S. The zero-order chi connectivity index (χ0) is 22.4. The number of rotatable bonds is 5. The lowest BCUT2D eigenvalue weighted by Gasteiger charge is -2.08. The van der Waals surface area contributed by atoms with E-state index in [1.54, 1.807) is 28.9 Å². The first-order valence-electron chi connectivity index (χ1n) is 10.1. The van der Waals surface area contributed by atoms with Crippen molar-refractivity contribution < 1.29 is 9.59 Å². The molecule has 1 aliphatic rings. The molecule has 0 unspecified atom stereocenters. The lowest BCUT2D eigenvalue weighted by molar-refractivity contribution is 0.0950. The zero-order valence-electron chi connectivity index (χ0n) is 17.0. The molecule has 0 aliphatic heterocycles. The standard InChI is InChI=1S/C23H18Cl2N4O2S/c1-12-18-11-20(32-23(18)29(28-12)16-4-2-3-13(24)9-16)22(31)27-15-7-8-17(19(25)10-15)21(30)26-14-5-6-14/h2-4,7-11,14H,5-6H2,1H3,(H,26,30)(H,27,31). The van der Waals surface area contributed by atoms with Crippen molar-refractivity contribution in [2.24, 2.45) is 0 Å². The minimum Gasteiger partial charge on any atom is -0.349 e. The quantitative estimate of drug-likeness (QED) is 0.373. The number of benzene rings is 2. The number of thiophene rings is 1. The van der Waals surface area contributed by atoms with Gasteiger partial charge in [-0.3, -0.25) is 9.59 Å². The predicted molar refractivity (Wildman–Crippen MR) is 129 cm³/mol. The summed E-state index contributed by atoms with van der Waals surface area (Å²) in [6.45, 7) is 1.91. The van der Waals surface area contributed by atoms with Crippen LogP contribution in [0.25, 0.3) is 15.9 Å². The zero-order valence-corrected chi connectivity index (χ0v) is 19.3. The molecule has 2 aromatic carbocycles. The van der Waals surface area contributed by atoms with Gasteiger partial charge in [0.05, 0.1) is 26.8 Å². The minimum atomic E-state index is -0.255. The van der Waals surface area contributed by atoms with Gasteiger partial charge in [0.25, 0.3) is 11.8 Å². The molecular weight excluding hydrogens is 467 g/mol. The van der Waals surface area contributed by atoms with Crippen molar-refractivity contribution in [2.75, 3.05) is 5.32 Å². The Labute approximate surface area is 198 Å². The Balaban J connectivity index is 1.39. The Morgan fingerprint density at radius 2 is 1.91 bits per heavy atom. The Morgan fingerprint density at radius 3 is 2.62 bits per heavy atom. The van der Waals surface area contributed by atoms with E-state index in [0.29, 0.717) is 26.2 Å². The second-order valence-corrected chi connectivity index (χ2v) is 9.58. The molecule has 162 valence electrons. The number of hydrogen-bond acceptors (Lipinski definition) is 4. The number of anilines is 1. The Morgan fingerprint density at radius 1 is 1.09 bits per heavy atom. The minimum absolute atomic E-state index is 0.194. The molecule has 9 heteroatoms. The summed E-state index contributed by atoms with van der Waals surface area (Å²) >= 11 is 13.8. The third kappa shape index (κ3) is 4.11. The monoisotopic (exact) mass is 484 g/mol. The van der Waals surface area contributed by atoms with Crippen LogP contribution in [0.5, 0.6) is 0 Å². The van der Waals surface area contributed by atoms with Gasteiger partial charge in [-0.15, -0.1) is 11.3 Å². The number of nitrogens with zero attached hydrogens (tertiary/aromatic N) is 2. The van der Waals surface area contributed by atoms with Crippen LogP contribution < -0.4 is 10.6 Å². The van der Waals surface area contributed by atoms with Crippen LogP contribution in [0.1, 0.15) is 38.6 Å². The van der Waals surface area contributed by atoms with Crippen molar-refractivity contribution in [3.05, 3.63) is 74.7 Å². The van der Waals surface area contributed by atoms with E-state index >= 15 is 0 Å². The number of amides is 2. The molecule has 1 fully saturated rings. The molecule has 32 heavy (non-hydrogen) atoms. The van der Waals surface area contributed by atoms with Gasteiger partial charge in [0.2, 0.25) is 0 Å². The average Bonchev–Trinajstić information content (AvgIpc) is 3.35. The van der Waals surface area contributed by atoms with Gasteiger partial charge in [0.1, 0.15) is 4.83 Å². The molecule has 0 radical (unpaired) electrons. The van der Waals surface area contributed by atoms with Crippen LogP contribution >= 0.6 is 34.5 Å². The summed E-state index contributed by atoms with van der Waals surface area (Å²) in [5, 5.41) is 12.2. The SMILES string of the molecule is Cc1nn(-c2cccc(Cl)c2)c2sc(C(=O)Nc3ccc(C(=O)NC4CC4)c(Cl)c3)cc12. The summed E-state index contributed by atoms with van der Waals surface area (Å²) in [6, 6.07) is 14.4. The Kier molecular flexibility index (Phi) is 5.41. The number of aryl methyl sites for hydroxylation is 1.